The highest BCUT2D eigenvalue weighted by molar-refractivity contribution is 7.78. The van der Waals surface area contributed by atoms with Gasteiger partial charge in [0.25, 0.3) is 0 Å². The minimum absolute atomic E-state index is 0.145. The molecule has 1 aromatic heterocycles. The molecule has 2 aliphatic rings. The Balaban J connectivity index is 1.15. The minimum atomic E-state index is -0.171. The average Bonchev–Trinajstić information content (AvgIpc) is 3.27. The van der Waals surface area contributed by atoms with E-state index >= 15 is 0 Å². The van der Waals surface area contributed by atoms with Crippen molar-refractivity contribution in [3.05, 3.63) is 189 Å². The first-order valence-corrected chi connectivity index (χ1v) is 20.6. The van der Waals surface area contributed by atoms with E-state index in [1.807, 2.05) is 0 Å². The number of hydrogen-bond donors (Lipinski definition) is 4. The SMILES string of the molecule is CC1(C)c2ccccc2N(c2ccc(-c3nc4c(=NS)c(=N)c(=N)c(=NS)c4nc3-c3ccc(N4c5ccccc5C(C)(C)c5ccccc54)cc3)cc2)c2ccccc21. The van der Waals surface area contributed by atoms with Crippen LogP contribution in [0.5, 0.6) is 0 Å². The monoisotopic (exact) mass is 816 g/mol. The molecule has 0 radical (unpaired) electrons. The highest BCUT2D eigenvalue weighted by atomic mass is 32.1. The summed E-state index contributed by atoms with van der Waals surface area (Å²) in [6.07, 6.45) is 0. The molecule has 3 heterocycles. The molecule has 0 fully saturated rings. The molecule has 0 aliphatic carbocycles. The van der Waals surface area contributed by atoms with Gasteiger partial charge in [0.1, 0.15) is 32.5 Å². The number of anilines is 6. The Morgan fingerprint density at radius 2 is 0.717 bits per heavy atom. The second-order valence-electron chi connectivity index (χ2n) is 16.3. The molecule has 10 heteroatoms. The molecule has 292 valence electrons. The van der Waals surface area contributed by atoms with Crippen LogP contribution < -0.4 is 31.2 Å². The van der Waals surface area contributed by atoms with Crippen LogP contribution in [0.25, 0.3) is 33.5 Å². The van der Waals surface area contributed by atoms with Crippen LogP contribution in [0.15, 0.2) is 154 Å². The molecule has 0 amide bonds. The fourth-order valence-electron chi connectivity index (χ4n) is 9.27. The van der Waals surface area contributed by atoms with Crippen LogP contribution in [0, 0.1) is 10.8 Å². The van der Waals surface area contributed by atoms with Gasteiger partial charge in [-0.1, -0.05) is 125 Å². The van der Waals surface area contributed by atoms with Crippen molar-refractivity contribution in [2.45, 2.75) is 38.5 Å². The van der Waals surface area contributed by atoms with Crippen LogP contribution in [0.3, 0.4) is 0 Å². The molecule has 60 heavy (non-hydrogen) atoms. The molecule has 0 bridgehead atoms. The largest absolute Gasteiger partial charge is 0.310 e. The first kappa shape index (κ1) is 37.6. The van der Waals surface area contributed by atoms with Crippen molar-refractivity contribution in [2.75, 3.05) is 9.80 Å². The fraction of sp³-hybridized carbons (Fsp3) is 0.120. The maximum atomic E-state index is 8.75. The third-order valence-electron chi connectivity index (χ3n) is 12.3. The van der Waals surface area contributed by atoms with Crippen LogP contribution in [-0.2, 0) is 10.8 Å². The lowest BCUT2D eigenvalue weighted by Gasteiger charge is -2.42. The summed E-state index contributed by atoms with van der Waals surface area (Å²) >= 11 is 8.44. The molecule has 8 aromatic rings. The zero-order chi connectivity index (χ0) is 41.5. The van der Waals surface area contributed by atoms with Crippen molar-refractivity contribution in [3.8, 4) is 22.5 Å². The third-order valence-corrected chi connectivity index (χ3v) is 12.7. The van der Waals surface area contributed by atoms with Crippen LogP contribution in [-0.4, -0.2) is 9.97 Å². The summed E-state index contributed by atoms with van der Waals surface area (Å²) in [4.78, 5) is 15.0. The van der Waals surface area contributed by atoms with Gasteiger partial charge in [-0.15, -0.1) is 0 Å². The first-order chi connectivity index (χ1) is 29.0. The Bertz CT molecular complexity index is 2970. The molecule has 2 N–H and O–H groups in total. The predicted molar refractivity (Wildman–Crippen MR) is 247 cm³/mol. The molecule has 0 saturated carbocycles. The summed E-state index contributed by atoms with van der Waals surface area (Å²) in [5.74, 6) is 0. The summed E-state index contributed by atoms with van der Waals surface area (Å²) in [5.41, 5.74) is 14.7. The predicted octanol–water partition coefficient (Wildman–Crippen LogP) is 10.5. The number of para-hydroxylation sites is 4. The number of nitrogens with one attached hydrogen (secondary N) is 2. The number of nitrogens with zero attached hydrogens (tertiary/aromatic N) is 6. The smallest absolute Gasteiger partial charge is 0.126 e. The van der Waals surface area contributed by atoms with Gasteiger partial charge in [0.05, 0.1) is 34.1 Å². The van der Waals surface area contributed by atoms with Crippen LogP contribution in [0.4, 0.5) is 34.1 Å². The standard InChI is InChI=1S/C50H40N8S2/c1-49(2)33-13-5-9-17-37(33)57(38-18-10-6-14-34(38)49)31-25-21-29(22-26-31)43-44(54-48-46(56-60)42(52)41(51)45(55-59)47(48)53-43)30-23-27-32(28-24-30)58-39-19-11-7-15-35(39)50(3,4)36-16-8-12-20-40(36)58/h5-28,51-52,59-60H,1-4H3. The zero-order valence-electron chi connectivity index (χ0n) is 33.4. The fourth-order valence-corrected chi connectivity index (χ4v) is 9.66. The number of rotatable bonds is 4. The lowest BCUT2D eigenvalue weighted by atomic mass is 9.73. The molecule has 0 saturated heterocycles. The molecule has 8 nitrogen and oxygen atoms in total. The van der Waals surface area contributed by atoms with E-state index in [1.54, 1.807) is 0 Å². The molecule has 10 rings (SSSR count). The van der Waals surface area contributed by atoms with Gasteiger partial charge >= 0.3 is 0 Å². The summed E-state index contributed by atoms with van der Waals surface area (Å²) in [5, 5.41) is 17.5. The van der Waals surface area contributed by atoms with E-state index in [-0.39, 0.29) is 32.3 Å². The van der Waals surface area contributed by atoms with Gasteiger partial charge in [-0.25, -0.2) is 18.8 Å². The average molecular weight is 817 g/mol. The van der Waals surface area contributed by atoms with Crippen molar-refractivity contribution in [2.24, 2.45) is 8.80 Å². The molecular formula is C50H40N8S2. The Hall–Kier alpha value is -6.62. The van der Waals surface area contributed by atoms with E-state index < -0.39 is 0 Å². The number of aromatic nitrogens is 2. The van der Waals surface area contributed by atoms with Crippen molar-refractivity contribution in [1.29, 1.82) is 10.8 Å². The third kappa shape index (κ3) is 5.54. The molecular weight excluding hydrogens is 777 g/mol. The summed E-state index contributed by atoms with van der Waals surface area (Å²) in [6, 6.07) is 51.2. The summed E-state index contributed by atoms with van der Waals surface area (Å²) < 4.78 is 8.23. The van der Waals surface area contributed by atoms with Crippen molar-refractivity contribution >= 4 is 70.8 Å². The molecule has 0 atom stereocenters. The van der Waals surface area contributed by atoms with Crippen LogP contribution >= 0.6 is 25.6 Å². The van der Waals surface area contributed by atoms with E-state index in [1.165, 1.54) is 22.3 Å². The van der Waals surface area contributed by atoms with Gasteiger partial charge < -0.3 is 9.80 Å². The number of fused-ring (bicyclic) bond motifs is 5. The Morgan fingerprint density at radius 3 is 1.00 bits per heavy atom. The lowest BCUT2D eigenvalue weighted by molar-refractivity contribution is 0.632. The molecule has 7 aromatic carbocycles. The van der Waals surface area contributed by atoms with E-state index in [9.17, 15) is 0 Å². The van der Waals surface area contributed by atoms with E-state index in [0.717, 1.165) is 45.3 Å². The first-order valence-electron chi connectivity index (χ1n) is 19.8. The minimum Gasteiger partial charge on any atom is -0.310 e. The topological polar surface area (TPSA) is 105 Å². The number of benzene rings is 7. The second kappa shape index (κ2) is 14.0. The zero-order valence-corrected chi connectivity index (χ0v) is 35.2. The van der Waals surface area contributed by atoms with Gasteiger partial charge in [0, 0.05) is 33.3 Å². The maximum absolute atomic E-state index is 8.75. The maximum Gasteiger partial charge on any atom is 0.126 e. The van der Waals surface area contributed by atoms with Crippen molar-refractivity contribution in [1.82, 2.24) is 9.97 Å². The normalized spacial score (nSPS) is 15.4. The van der Waals surface area contributed by atoms with E-state index in [4.69, 9.17) is 20.8 Å². The number of hydrogen-bond acceptors (Lipinski definition) is 10. The summed E-state index contributed by atoms with van der Waals surface area (Å²) in [7, 11) is 0. The van der Waals surface area contributed by atoms with E-state index in [2.05, 4.69) is 218 Å². The van der Waals surface area contributed by atoms with Crippen molar-refractivity contribution in [3.63, 3.8) is 0 Å². The highest BCUT2D eigenvalue weighted by Gasteiger charge is 2.38. The van der Waals surface area contributed by atoms with Crippen LogP contribution in [0.1, 0.15) is 49.9 Å². The van der Waals surface area contributed by atoms with Gasteiger partial charge in [0.15, 0.2) is 0 Å². The van der Waals surface area contributed by atoms with Crippen LogP contribution in [0.2, 0.25) is 0 Å². The summed E-state index contributed by atoms with van der Waals surface area (Å²) in [6.45, 7) is 9.14. The quantitative estimate of drug-likeness (QED) is 0.133. The lowest BCUT2D eigenvalue weighted by Crippen LogP contribution is -2.48. The number of thiol groups is 2. The molecule has 2 aliphatic heterocycles. The van der Waals surface area contributed by atoms with Gasteiger partial charge in [0.2, 0.25) is 0 Å². The van der Waals surface area contributed by atoms with Gasteiger partial charge in [-0.05, 0) is 96.4 Å². The van der Waals surface area contributed by atoms with Gasteiger partial charge in [-0.3, -0.25) is 10.8 Å². The Kier molecular flexibility index (Phi) is 8.78. The molecule has 0 unspecified atom stereocenters. The molecule has 0 spiro atoms. The van der Waals surface area contributed by atoms with Gasteiger partial charge in [-0.2, -0.15) is 0 Å². The van der Waals surface area contributed by atoms with Crippen molar-refractivity contribution < 1.29 is 0 Å². The Morgan fingerprint density at radius 1 is 0.433 bits per heavy atom. The Labute approximate surface area is 358 Å². The van der Waals surface area contributed by atoms with E-state index in [0.29, 0.717) is 22.4 Å². The second-order valence-corrected chi connectivity index (χ2v) is 16.7. The highest BCUT2D eigenvalue weighted by Crippen LogP contribution is 2.53.